The van der Waals surface area contributed by atoms with Crippen LogP contribution in [0.25, 0.3) is 0 Å². The van der Waals surface area contributed by atoms with Crippen LogP contribution in [0, 0.1) is 5.82 Å². The van der Waals surface area contributed by atoms with Crippen molar-refractivity contribution < 1.29 is 13.9 Å². The lowest BCUT2D eigenvalue weighted by molar-refractivity contribution is 0.0990. The van der Waals surface area contributed by atoms with Gasteiger partial charge in [0.25, 0.3) is 5.91 Å². The first-order chi connectivity index (χ1) is 9.52. The van der Waals surface area contributed by atoms with Crippen LogP contribution >= 0.6 is 0 Å². The third-order valence-corrected chi connectivity index (χ3v) is 2.96. The molecule has 0 bridgehead atoms. The standard InChI is InChI=1S/C15H15FN2O2/c1-18(12-5-3-4-10(16)8-12)15(19)13-7-6-11(17)9-14(13)20-2/h3-9H,17H2,1-2H3. The number of carbonyl (C=O) groups excluding carboxylic acids is 1. The summed E-state index contributed by atoms with van der Waals surface area (Å²) < 4.78 is 18.4. The quantitative estimate of drug-likeness (QED) is 0.875. The zero-order chi connectivity index (χ0) is 14.7. The molecule has 0 aliphatic heterocycles. The van der Waals surface area contributed by atoms with Gasteiger partial charge in [0.2, 0.25) is 0 Å². The fourth-order valence-corrected chi connectivity index (χ4v) is 1.87. The van der Waals surface area contributed by atoms with Crippen molar-refractivity contribution in [2.75, 3.05) is 24.8 Å². The van der Waals surface area contributed by atoms with Crippen molar-refractivity contribution in [1.82, 2.24) is 0 Å². The number of hydrogen-bond donors (Lipinski definition) is 1. The van der Waals surface area contributed by atoms with Gasteiger partial charge in [0.05, 0.1) is 12.7 Å². The van der Waals surface area contributed by atoms with Gasteiger partial charge in [-0.05, 0) is 30.3 Å². The van der Waals surface area contributed by atoms with Crippen molar-refractivity contribution in [3.63, 3.8) is 0 Å². The Bertz CT molecular complexity index is 644. The minimum atomic E-state index is -0.397. The largest absolute Gasteiger partial charge is 0.496 e. The second-order valence-corrected chi connectivity index (χ2v) is 4.30. The lowest BCUT2D eigenvalue weighted by atomic mass is 10.1. The molecular weight excluding hydrogens is 259 g/mol. The molecule has 0 saturated carbocycles. The third-order valence-electron chi connectivity index (χ3n) is 2.96. The molecule has 2 aromatic rings. The Kier molecular flexibility index (Phi) is 3.89. The molecule has 0 aliphatic rings. The van der Waals surface area contributed by atoms with Crippen molar-refractivity contribution in [3.05, 3.63) is 53.8 Å². The molecule has 2 aromatic carbocycles. The molecule has 0 aliphatic carbocycles. The SMILES string of the molecule is COc1cc(N)ccc1C(=O)N(C)c1cccc(F)c1. The summed E-state index contributed by atoms with van der Waals surface area (Å²) in [6.45, 7) is 0. The van der Waals surface area contributed by atoms with Gasteiger partial charge in [-0.1, -0.05) is 6.07 Å². The number of nitrogen functional groups attached to an aromatic ring is 1. The third kappa shape index (κ3) is 2.71. The Balaban J connectivity index is 2.36. The van der Waals surface area contributed by atoms with Gasteiger partial charge in [0.15, 0.2) is 0 Å². The van der Waals surface area contributed by atoms with Crippen LogP contribution in [0.15, 0.2) is 42.5 Å². The van der Waals surface area contributed by atoms with E-state index in [1.165, 1.54) is 24.1 Å². The number of methoxy groups -OCH3 is 1. The molecule has 0 unspecified atom stereocenters. The summed E-state index contributed by atoms with van der Waals surface area (Å²) in [6.07, 6.45) is 0. The fourth-order valence-electron chi connectivity index (χ4n) is 1.87. The topological polar surface area (TPSA) is 55.6 Å². The zero-order valence-electron chi connectivity index (χ0n) is 11.3. The van der Waals surface area contributed by atoms with Gasteiger partial charge in [-0.15, -0.1) is 0 Å². The Morgan fingerprint density at radius 3 is 2.65 bits per heavy atom. The minimum Gasteiger partial charge on any atom is -0.496 e. The van der Waals surface area contributed by atoms with Crippen LogP contribution < -0.4 is 15.4 Å². The lowest BCUT2D eigenvalue weighted by Crippen LogP contribution is -2.26. The number of ether oxygens (including phenoxy) is 1. The van der Waals surface area contributed by atoms with E-state index in [4.69, 9.17) is 10.5 Å². The van der Waals surface area contributed by atoms with E-state index in [-0.39, 0.29) is 5.91 Å². The van der Waals surface area contributed by atoms with Gasteiger partial charge in [-0.2, -0.15) is 0 Å². The van der Waals surface area contributed by atoms with Crippen LogP contribution in [0.3, 0.4) is 0 Å². The van der Waals surface area contributed by atoms with Gasteiger partial charge >= 0.3 is 0 Å². The average molecular weight is 274 g/mol. The Morgan fingerprint density at radius 1 is 1.25 bits per heavy atom. The van der Waals surface area contributed by atoms with Crippen molar-refractivity contribution in [2.45, 2.75) is 0 Å². The molecule has 0 atom stereocenters. The molecule has 1 amide bonds. The van der Waals surface area contributed by atoms with Crippen molar-refractivity contribution in [1.29, 1.82) is 0 Å². The van der Waals surface area contributed by atoms with Crippen LogP contribution in [-0.2, 0) is 0 Å². The van der Waals surface area contributed by atoms with Gasteiger partial charge < -0.3 is 15.4 Å². The number of nitrogens with two attached hydrogens (primary N) is 1. The highest BCUT2D eigenvalue weighted by Gasteiger charge is 2.18. The summed E-state index contributed by atoms with van der Waals surface area (Å²) >= 11 is 0. The van der Waals surface area contributed by atoms with Crippen molar-refractivity contribution in [2.24, 2.45) is 0 Å². The Labute approximate surface area is 116 Å². The van der Waals surface area contributed by atoms with E-state index >= 15 is 0 Å². The van der Waals surface area contributed by atoms with E-state index in [0.717, 1.165) is 0 Å². The second-order valence-electron chi connectivity index (χ2n) is 4.30. The maximum atomic E-state index is 13.2. The number of benzene rings is 2. The number of carbonyl (C=O) groups is 1. The number of hydrogen-bond acceptors (Lipinski definition) is 3. The first kappa shape index (κ1) is 13.9. The summed E-state index contributed by atoms with van der Waals surface area (Å²) in [4.78, 5) is 13.8. The van der Waals surface area contributed by atoms with Crippen LogP contribution in [0.2, 0.25) is 0 Å². The van der Waals surface area contributed by atoms with Crippen LogP contribution in [-0.4, -0.2) is 20.1 Å². The molecule has 0 fully saturated rings. The molecule has 4 nitrogen and oxygen atoms in total. The Hall–Kier alpha value is -2.56. The van der Waals surface area contributed by atoms with Gasteiger partial charge in [0, 0.05) is 24.5 Å². The maximum Gasteiger partial charge on any atom is 0.261 e. The molecule has 20 heavy (non-hydrogen) atoms. The molecule has 0 heterocycles. The van der Waals surface area contributed by atoms with E-state index in [9.17, 15) is 9.18 Å². The summed E-state index contributed by atoms with van der Waals surface area (Å²) in [5.41, 5.74) is 7.00. The molecular formula is C15H15FN2O2. The van der Waals surface area contributed by atoms with Crippen LogP contribution in [0.5, 0.6) is 5.75 Å². The van der Waals surface area contributed by atoms with Gasteiger partial charge in [-0.25, -0.2) is 4.39 Å². The number of rotatable bonds is 3. The van der Waals surface area contributed by atoms with Crippen molar-refractivity contribution in [3.8, 4) is 5.75 Å². The average Bonchev–Trinajstić information content (AvgIpc) is 2.45. The molecule has 2 rings (SSSR count). The maximum absolute atomic E-state index is 13.2. The molecule has 2 N–H and O–H groups in total. The molecule has 0 radical (unpaired) electrons. The summed E-state index contributed by atoms with van der Waals surface area (Å²) in [6, 6.07) is 10.6. The van der Waals surface area contributed by atoms with E-state index in [1.807, 2.05) is 0 Å². The highest BCUT2D eigenvalue weighted by molar-refractivity contribution is 6.07. The van der Waals surface area contributed by atoms with Gasteiger partial charge in [-0.3, -0.25) is 4.79 Å². The fraction of sp³-hybridized carbons (Fsp3) is 0.133. The van der Waals surface area contributed by atoms with E-state index in [2.05, 4.69) is 0 Å². The highest BCUT2D eigenvalue weighted by Crippen LogP contribution is 2.25. The molecule has 0 spiro atoms. The zero-order valence-corrected chi connectivity index (χ0v) is 11.3. The van der Waals surface area contributed by atoms with E-state index in [0.29, 0.717) is 22.7 Å². The monoisotopic (exact) mass is 274 g/mol. The molecule has 0 aromatic heterocycles. The molecule has 0 saturated heterocycles. The highest BCUT2D eigenvalue weighted by atomic mass is 19.1. The van der Waals surface area contributed by atoms with Crippen molar-refractivity contribution >= 4 is 17.3 Å². The molecule has 5 heteroatoms. The van der Waals surface area contributed by atoms with E-state index in [1.54, 1.807) is 37.4 Å². The second kappa shape index (κ2) is 5.61. The number of halogens is 1. The summed E-state index contributed by atoms with van der Waals surface area (Å²) in [7, 11) is 3.04. The smallest absolute Gasteiger partial charge is 0.261 e. The summed E-state index contributed by atoms with van der Waals surface area (Å²) in [5, 5.41) is 0. The first-order valence-corrected chi connectivity index (χ1v) is 6.00. The minimum absolute atomic E-state index is 0.299. The predicted molar refractivity (Wildman–Crippen MR) is 76.5 cm³/mol. The van der Waals surface area contributed by atoms with Crippen LogP contribution in [0.4, 0.5) is 15.8 Å². The van der Waals surface area contributed by atoms with E-state index < -0.39 is 5.82 Å². The van der Waals surface area contributed by atoms with Gasteiger partial charge in [0.1, 0.15) is 11.6 Å². The van der Waals surface area contributed by atoms with Crippen LogP contribution in [0.1, 0.15) is 10.4 Å². The predicted octanol–water partition coefficient (Wildman–Crippen LogP) is 2.69. The normalized spacial score (nSPS) is 10.2. The molecule has 104 valence electrons. The Morgan fingerprint density at radius 2 is 2.00 bits per heavy atom. The number of anilines is 2. The number of amides is 1. The number of nitrogens with zero attached hydrogens (tertiary/aromatic N) is 1. The summed E-state index contributed by atoms with van der Waals surface area (Å²) in [5.74, 6) is -0.308. The first-order valence-electron chi connectivity index (χ1n) is 6.00. The lowest BCUT2D eigenvalue weighted by Gasteiger charge is -2.19.